The van der Waals surface area contributed by atoms with Crippen molar-refractivity contribution in [2.75, 3.05) is 25.1 Å². The van der Waals surface area contributed by atoms with Crippen LogP contribution in [0.2, 0.25) is 0 Å². The predicted octanol–water partition coefficient (Wildman–Crippen LogP) is 0.480. The zero-order chi connectivity index (χ0) is 11.8. The molecule has 0 spiro atoms. The summed E-state index contributed by atoms with van der Waals surface area (Å²) < 4.78 is 5.26. The first-order valence-corrected chi connectivity index (χ1v) is 5.56. The number of carbonyl (C=O) groups is 2. The van der Waals surface area contributed by atoms with Crippen molar-refractivity contribution in [2.24, 2.45) is 0 Å². The van der Waals surface area contributed by atoms with Gasteiger partial charge in [0.1, 0.15) is 6.04 Å². The molecule has 1 aromatic rings. The number of nitrogens with zero attached hydrogens (tertiary/aromatic N) is 1. The number of amides is 2. The third-order valence-electron chi connectivity index (χ3n) is 3.11. The third-order valence-corrected chi connectivity index (χ3v) is 3.11. The normalized spacial score (nSPS) is 23.5. The molecule has 17 heavy (non-hydrogen) atoms. The first-order chi connectivity index (χ1) is 8.27. The number of anilines is 1. The van der Waals surface area contributed by atoms with Crippen LogP contribution in [0.3, 0.4) is 0 Å². The standard InChI is InChI=1S/C12H12N2O3/c15-11-10-7-17-6-5-14(10)12(16)8-3-1-2-4-9(8)13-11/h1-4,10H,5-7H2,(H,13,15). The number of ether oxygens (including phenoxy) is 1. The van der Waals surface area contributed by atoms with Crippen molar-refractivity contribution in [3.8, 4) is 0 Å². The van der Waals surface area contributed by atoms with Crippen LogP contribution in [0, 0.1) is 0 Å². The summed E-state index contributed by atoms with van der Waals surface area (Å²) in [6.07, 6.45) is 0. The second kappa shape index (κ2) is 3.85. The molecule has 1 fully saturated rings. The van der Waals surface area contributed by atoms with Crippen LogP contribution in [0.25, 0.3) is 0 Å². The van der Waals surface area contributed by atoms with Crippen LogP contribution in [0.4, 0.5) is 5.69 Å². The Hall–Kier alpha value is -1.88. The van der Waals surface area contributed by atoms with Gasteiger partial charge >= 0.3 is 0 Å². The van der Waals surface area contributed by atoms with E-state index >= 15 is 0 Å². The van der Waals surface area contributed by atoms with E-state index in [0.717, 1.165) is 0 Å². The lowest BCUT2D eigenvalue weighted by Crippen LogP contribution is -2.52. The molecule has 2 amide bonds. The van der Waals surface area contributed by atoms with E-state index in [1.807, 2.05) is 0 Å². The summed E-state index contributed by atoms with van der Waals surface area (Å²) in [6.45, 7) is 1.22. The Morgan fingerprint density at radius 2 is 2.12 bits per heavy atom. The monoisotopic (exact) mass is 232 g/mol. The van der Waals surface area contributed by atoms with Crippen LogP contribution < -0.4 is 5.32 Å². The molecule has 2 aliphatic rings. The van der Waals surface area contributed by atoms with E-state index in [4.69, 9.17) is 4.74 Å². The van der Waals surface area contributed by atoms with Gasteiger partial charge in [0.2, 0.25) is 5.91 Å². The fourth-order valence-electron chi connectivity index (χ4n) is 2.21. The average Bonchev–Trinajstić information content (AvgIpc) is 2.48. The molecule has 2 aliphatic heterocycles. The molecule has 5 heteroatoms. The predicted molar refractivity (Wildman–Crippen MR) is 60.7 cm³/mol. The van der Waals surface area contributed by atoms with E-state index in [1.54, 1.807) is 29.2 Å². The van der Waals surface area contributed by atoms with Crippen molar-refractivity contribution in [2.45, 2.75) is 6.04 Å². The molecule has 1 aromatic carbocycles. The lowest BCUT2D eigenvalue weighted by molar-refractivity contribution is -0.125. The largest absolute Gasteiger partial charge is 0.377 e. The number of benzene rings is 1. The van der Waals surface area contributed by atoms with Crippen molar-refractivity contribution in [3.63, 3.8) is 0 Å². The molecule has 1 saturated heterocycles. The maximum Gasteiger partial charge on any atom is 0.256 e. The van der Waals surface area contributed by atoms with Gasteiger partial charge in [0.25, 0.3) is 5.91 Å². The zero-order valence-corrected chi connectivity index (χ0v) is 9.18. The summed E-state index contributed by atoms with van der Waals surface area (Å²) in [5, 5.41) is 2.77. The molecule has 0 aromatic heterocycles. The minimum absolute atomic E-state index is 0.104. The minimum atomic E-state index is -0.511. The Labute approximate surface area is 98.4 Å². The van der Waals surface area contributed by atoms with Crippen molar-refractivity contribution in [3.05, 3.63) is 29.8 Å². The molecule has 1 N–H and O–H groups in total. The van der Waals surface area contributed by atoms with Gasteiger partial charge in [-0.1, -0.05) is 12.1 Å². The lowest BCUT2D eigenvalue weighted by Gasteiger charge is -2.32. The molecule has 3 rings (SSSR count). The summed E-state index contributed by atoms with van der Waals surface area (Å²) in [6, 6.07) is 6.56. The molecule has 88 valence electrons. The molecular weight excluding hydrogens is 220 g/mol. The quantitative estimate of drug-likeness (QED) is 0.707. The molecular formula is C12H12N2O3. The fraction of sp³-hybridized carbons (Fsp3) is 0.333. The summed E-state index contributed by atoms with van der Waals surface area (Å²) in [7, 11) is 0. The second-order valence-corrected chi connectivity index (χ2v) is 4.12. The molecule has 0 bridgehead atoms. The van der Waals surface area contributed by atoms with Gasteiger partial charge in [0.05, 0.1) is 24.5 Å². The number of para-hydroxylation sites is 1. The van der Waals surface area contributed by atoms with E-state index in [2.05, 4.69) is 5.32 Å². The minimum Gasteiger partial charge on any atom is -0.377 e. The van der Waals surface area contributed by atoms with Crippen LogP contribution in [0.5, 0.6) is 0 Å². The van der Waals surface area contributed by atoms with Crippen LogP contribution in [0.1, 0.15) is 10.4 Å². The summed E-state index contributed by atoms with van der Waals surface area (Å²) in [5.41, 5.74) is 1.13. The smallest absolute Gasteiger partial charge is 0.256 e. The second-order valence-electron chi connectivity index (χ2n) is 4.12. The number of fused-ring (bicyclic) bond motifs is 2. The fourth-order valence-corrected chi connectivity index (χ4v) is 2.21. The highest BCUT2D eigenvalue weighted by Gasteiger charge is 2.37. The SMILES string of the molecule is O=C1Nc2ccccc2C(=O)N2CCOCC12. The van der Waals surface area contributed by atoms with Crippen molar-refractivity contribution in [1.29, 1.82) is 0 Å². The number of rotatable bonds is 0. The van der Waals surface area contributed by atoms with E-state index in [9.17, 15) is 9.59 Å². The molecule has 2 heterocycles. The summed E-state index contributed by atoms with van der Waals surface area (Å²) >= 11 is 0. The Morgan fingerprint density at radius 3 is 3.00 bits per heavy atom. The maximum atomic E-state index is 12.3. The number of carbonyl (C=O) groups excluding carboxylic acids is 2. The topological polar surface area (TPSA) is 58.6 Å². The third kappa shape index (κ3) is 1.59. The maximum absolute atomic E-state index is 12.3. The van der Waals surface area contributed by atoms with Gasteiger partial charge in [-0.05, 0) is 12.1 Å². The molecule has 5 nitrogen and oxygen atoms in total. The number of nitrogens with one attached hydrogen (secondary N) is 1. The first kappa shape index (κ1) is 10.3. The van der Waals surface area contributed by atoms with Gasteiger partial charge in [-0.25, -0.2) is 0 Å². The molecule has 1 unspecified atom stereocenters. The van der Waals surface area contributed by atoms with E-state index in [0.29, 0.717) is 24.4 Å². The molecule has 0 radical (unpaired) electrons. The van der Waals surface area contributed by atoms with Crippen LogP contribution >= 0.6 is 0 Å². The van der Waals surface area contributed by atoms with Crippen molar-refractivity contribution in [1.82, 2.24) is 4.90 Å². The van der Waals surface area contributed by atoms with Gasteiger partial charge in [-0.3, -0.25) is 9.59 Å². The first-order valence-electron chi connectivity index (χ1n) is 5.56. The van der Waals surface area contributed by atoms with Gasteiger partial charge in [-0.15, -0.1) is 0 Å². The van der Waals surface area contributed by atoms with Crippen molar-refractivity contribution >= 4 is 17.5 Å². The highest BCUT2D eigenvalue weighted by Crippen LogP contribution is 2.24. The van der Waals surface area contributed by atoms with E-state index in [1.165, 1.54) is 0 Å². The van der Waals surface area contributed by atoms with Crippen LogP contribution in [0.15, 0.2) is 24.3 Å². The number of morpholine rings is 1. The van der Waals surface area contributed by atoms with Crippen LogP contribution in [-0.4, -0.2) is 42.5 Å². The van der Waals surface area contributed by atoms with Gasteiger partial charge in [0.15, 0.2) is 0 Å². The Bertz CT molecular complexity index is 486. The van der Waals surface area contributed by atoms with Crippen LogP contribution in [-0.2, 0) is 9.53 Å². The van der Waals surface area contributed by atoms with Gasteiger partial charge in [-0.2, -0.15) is 0 Å². The number of hydrogen-bond acceptors (Lipinski definition) is 3. The lowest BCUT2D eigenvalue weighted by atomic mass is 10.1. The summed E-state index contributed by atoms with van der Waals surface area (Å²) in [4.78, 5) is 25.9. The highest BCUT2D eigenvalue weighted by molar-refractivity contribution is 6.09. The number of hydrogen-bond donors (Lipinski definition) is 1. The van der Waals surface area contributed by atoms with Crippen molar-refractivity contribution < 1.29 is 14.3 Å². The Balaban J connectivity index is 2.07. The van der Waals surface area contributed by atoms with E-state index < -0.39 is 6.04 Å². The molecule has 0 saturated carbocycles. The van der Waals surface area contributed by atoms with Gasteiger partial charge in [0, 0.05) is 6.54 Å². The molecule has 1 atom stereocenters. The Kier molecular flexibility index (Phi) is 2.33. The highest BCUT2D eigenvalue weighted by atomic mass is 16.5. The van der Waals surface area contributed by atoms with E-state index in [-0.39, 0.29) is 18.4 Å². The average molecular weight is 232 g/mol. The molecule has 0 aliphatic carbocycles. The Morgan fingerprint density at radius 1 is 1.29 bits per heavy atom. The van der Waals surface area contributed by atoms with Gasteiger partial charge < -0.3 is 15.0 Å². The zero-order valence-electron chi connectivity index (χ0n) is 9.18. The summed E-state index contributed by atoms with van der Waals surface area (Å²) in [5.74, 6) is -0.282.